The van der Waals surface area contributed by atoms with E-state index >= 15 is 0 Å². The quantitative estimate of drug-likeness (QED) is 0.640. The molecule has 2 aliphatic rings. The molecule has 8 nitrogen and oxygen atoms in total. The summed E-state index contributed by atoms with van der Waals surface area (Å²) in [5.41, 5.74) is 5.03. The number of nitrogens with two attached hydrogens (primary N) is 1. The average molecular weight is 458 g/mol. The normalized spacial score (nSPS) is 21.5. The van der Waals surface area contributed by atoms with Crippen molar-refractivity contribution in [1.82, 2.24) is 14.9 Å². The van der Waals surface area contributed by atoms with E-state index in [-0.39, 0.29) is 35.4 Å². The van der Waals surface area contributed by atoms with E-state index in [1.54, 1.807) is 35.2 Å². The minimum atomic E-state index is -4.47. The Kier molecular flexibility index (Phi) is 4.84. The van der Waals surface area contributed by atoms with Crippen LogP contribution in [0.2, 0.25) is 0 Å². The maximum atomic E-state index is 12.8. The van der Waals surface area contributed by atoms with Crippen molar-refractivity contribution in [3.05, 3.63) is 59.9 Å². The lowest BCUT2D eigenvalue weighted by Gasteiger charge is -2.19. The second-order valence-corrected chi connectivity index (χ2v) is 7.98. The molecule has 2 atom stereocenters. The van der Waals surface area contributed by atoms with Crippen molar-refractivity contribution in [2.24, 2.45) is 17.6 Å². The third-order valence-electron chi connectivity index (χ3n) is 5.82. The Morgan fingerprint density at radius 1 is 1.06 bits per heavy atom. The molecule has 170 valence electrons. The number of alkyl halides is 3. The molecule has 1 saturated carbocycles. The lowest BCUT2D eigenvalue weighted by atomic mass is 10.2. The van der Waals surface area contributed by atoms with Crippen LogP contribution in [0.5, 0.6) is 11.6 Å². The van der Waals surface area contributed by atoms with Gasteiger partial charge in [-0.25, -0.2) is 14.8 Å². The number of halogens is 3. The number of ether oxygens (including phenoxy) is 2. The maximum Gasteiger partial charge on any atom is 0.417 e. The van der Waals surface area contributed by atoms with Crippen molar-refractivity contribution < 1.29 is 32.2 Å². The van der Waals surface area contributed by atoms with Gasteiger partial charge in [-0.1, -0.05) is 6.07 Å². The van der Waals surface area contributed by atoms with Gasteiger partial charge in [0.1, 0.15) is 17.5 Å². The van der Waals surface area contributed by atoms with Gasteiger partial charge in [0.05, 0.1) is 11.1 Å². The van der Waals surface area contributed by atoms with Gasteiger partial charge in [0, 0.05) is 42.6 Å². The Bertz CT molecular complexity index is 1240. The Hall–Kier alpha value is -3.89. The molecule has 33 heavy (non-hydrogen) atoms. The number of nitrogens with zero attached hydrogens (tertiary/aromatic N) is 3. The summed E-state index contributed by atoms with van der Waals surface area (Å²) in [6.07, 6.45) is -4.78. The van der Waals surface area contributed by atoms with Gasteiger partial charge in [-0.05, 0) is 30.3 Å². The molecule has 2 N–H and O–H groups in total. The fraction of sp³-hybridized carbons (Fsp3) is 0.273. The number of hydrogen-bond acceptors (Lipinski definition) is 6. The van der Waals surface area contributed by atoms with Crippen LogP contribution in [0.4, 0.5) is 18.0 Å². The van der Waals surface area contributed by atoms with Crippen molar-refractivity contribution in [2.75, 3.05) is 13.1 Å². The number of fused-ring (bicyclic) bond motifs is 2. The van der Waals surface area contributed by atoms with Crippen LogP contribution in [-0.4, -0.2) is 46.1 Å². The largest absolute Gasteiger partial charge is 0.446 e. The van der Waals surface area contributed by atoms with E-state index in [0.717, 1.165) is 12.1 Å². The zero-order valence-corrected chi connectivity index (χ0v) is 17.0. The summed E-state index contributed by atoms with van der Waals surface area (Å²) in [6.45, 7) is 0.960. The first-order valence-corrected chi connectivity index (χ1v) is 10.1. The SMILES string of the molecule is NC(=O)OC1C2CN(C(=O)c3ccc4cc(Oc5ccc(C(F)(F)F)cn5)ccc4n3)CC21. The fourth-order valence-corrected chi connectivity index (χ4v) is 4.12. The van der Waals surface area contributed by atoms with E-state index in [1.165, 1.54) is 0 Å². The minimum absolute atomic E-state index is 0.0216. The Balaban J connectivity index is 1.26. The van der Waals surface area contributed by atoms with Crippen LogP contribution in [0.3, 0.4) is 0 Å². The van der Waals surface area contributed by atoms with Crippen molar-refractivity contribution >= 4 is 22.9 Å². The van der Waals surface area contributed by atoms with E-state index in [9.17, 15) is 22.8 Å². The molecule has 3 aromatic rings. The first-order chi connectivity index (χ1) is 15.7. The predicted octanol–water partition coefficient (Wildman–Crippen LogP) is 3.61. The molecule has 2 unspecified atom stereocenters. The summed E-state index contributed by atoms with van der Waals surface area (Å²) < 4.78 is 48.5. The lowest BCUT2D eigenvalue weighted by molar-refractivity contribution is -0.137. The van der Waals surface area contributed by atoms with Crippen LogP contribution in [0.15, 0.2) is 48.7 Å². The molecule has 0 spiro atoms. The van der Waals surface area contributed by atoms with Gasteiger partial charge in [0.15, 0.2) is 0 Å². The van der Waals surface area contributed by atoms with E-state index in [2.05, 4.69) is 9.97 Å². The highest BCUT2D eigenvalue weighted by Crippen LogP contribution is 2.48. The van der Waals surface area contributed by atoms with E-state index in [1.807, 2.05) is 0 Å². The van der Waals surface area contributed by atoms with E-state index in [0.29, 0.717) is 35.9 Å². The van der Waals surface area contributed by atoms with Gasteiger partial charge in [-0.2, -0.15) is 13.2 Å². The summed E-state index contributed by atoms with van der Waals surface area (Å²) in [7, 11) is 0. The molecule has 0 radical (unpaired) electrons. The summed E-state index contributed by atoms with van der Waals surface area (Å²) in [4.78, 5) is 33.5. The highest BCUT2D eigenvalue weighted by molar-refractivity contribution is 5.95. The first kappa shape index (κ1) is 21.0. The number of amides is 2. The van der Waals surface area contributed by atoms with Crippen LogP contribution < -0.4 is 10.5 Å². The Labute approximate surface area is 185 Å². The zero-order chi connectivity index (χ0) is 23.3. The molecule has 2 amide bonds. The molecule has 2 aromatic heterocycles. The van der Waals surface area contributed by atoms with Gasteiger partial charge < -0.3 is 20.1 Å². The van der Waals surface area contributed by atoms with Gasteiger partial charge in [0.25, 0.3) is 5.91 Å². The van der Waals surface area contributed by atoms with E-state index in [4.69, 9.17) is 15.2 Å². The standard InChI is InChI=1S/C22H17F3N4O4/c23-22(24,25)12-2-6-18(27-8-12)32-13-3-5-16-11(7-13)1-4-17(28-16)20(30)29-9-14-15(10-29)19(14)33-21(26)31/h1-8,14-15,19H,9-10H2,(H2,26,31). The molecule has 0 bridgehead atoms. The van der Waals surface area contributed by atoms with Crippen molar-refractivity contribution in [2.45, 2.75) is 12.3 Å². The molecule has 3 heterocycles. The third-order valence-corrected chi connectivity index (χ3v) is 5.82. The molecule has 1 aromatic carbocycles. The number of carbonyl (C=O) groups is 2. The molecule has 1 aliphatic carbocycles. The Morgan fingerprint density at radius 3 is 2.45 bits per heavy atom. The number of hydrogen-bond donors (Lipinski definition) is 1. The lowest BCUT2D eigenvalue weighted by Crippen LogP contribution is -2.34. The number of pyridine rings is 2. The zero-order valence-electron chi connectivity index (χ0n) is 17.0. The summed E-state index contributed by atoms with van der Waals surface area (Å²) in [5.74, 6) is 0.404. The number of carbonyl (C=O) groups excluding carboxylic acids is 2. The first-order valence-electron chi connectivity index (χ1n) is 10.1. The molecular formula is C22H17F3N4O4. The molecule has 5 rings (SSSR count). The summed E-state index contributed by atoms with van der Waals surface area (Å²) in [5, 5.41) is 0.690. The van der Waals surface area contributed by atoms with Crippen LogP contribution in [0.1, 0.15) is 16.1 Å². The number of rotatable bonds is 4. The number of aromatic nitrogens is 2. The van der Waals surface area contributed by atoms with Crippen molar-refractivity contribution in [3.8, 4) is 11.6 Å². The highest BCUT2D eigenvalue weighted by Gasteiger charge is 2.59. The molecule has 1 saturated heterocycles. The number of likely N-dealkylation sites (tertiary alicyclic amines) is 1. The van der Waals surface area contributed by atoms with Crippen molar-refractivity contribution in [1.29, 1.82) is 0 Å². The molecular weight excluding hydrogens is 441 g/mol. The maximum absolute atomic E-state index is 12.8. The predicted molar refractivity (Wildman–Crippen MR) is 108 cm³/mol. The van der Waals surface area contributed by atoms with Crippen molar-refractivity contribution in [3.63, 3.8) is 0 Å². The van der Waals surface area contributed by atoms with Crippen LogP contribution in [0.25, 0.3) is 10.9 Å². The van der Waals surface area contributed by atoms with E-state index < -0.39 is 17.8 Å². The smallest absolute Gasteiger partial charge is 0.417 e. The van der Waals surface area contributed by atoms with Gasteiger partial charge in [-0.3, -0.25) is 4.79 Å². The second kappa shape index (κ2) is 7.61. The third kappa shape index (κ3) is 4.13. The number of primary amides is 1. The van der Waals surface area contributed by atoms with Crippen LogP contribution in [0, 0.1) is 11.8 Å². The fourth-order valence-electron chi connectivity index (χ4n) is 4.12. The minimum Gasteiger partial charge on any atom is -0.446 e. The molecule has 1 aliphatic heterocycles. The van der Waals surface area contributed by atoms with Crippen LogP contribution in [-0.2, 0) is 10.9 Å². The number of piperidine rings is 1. The average Bonchev–Trinajstić information content (AvgIpc) is 3.19. The Morgan fingerprint density at radius 2 is 1.82 bits per heavy atom. The topological polar surface area (TPSA) is 108 Å². The highest BCUT2D eigenvalue weighted by atomic mass is 19.4. The molecule has 2 fully saturated rings. The summed E-state index contributed by atoms with van der Waals surface area (Å²) >= 11 is 0. The van der Waals surface area contributed by atoms with Gasteiger partial charge in [-0.15, -0.1) is 0 Å². The molecule has 11 heteroatoms. The number of benzene rings is 1. The summed E-state index contributed by atoms with van der Waals surface area (Å²) in [6, 6.07) is 10.3. The van der Waals surface area contributed by atoms with Crippen LogP contribution >= 0.6 is 0 Å². The van der Waals surface area contributed by atoms with Gasteiger partial charge in [0.2, 0.25) is 5.88 Å². The van der Waals surface area contributed by atoms with Gasteiger partial charge >= 0.3 is 12.3 Å². The second-order valence-electron chi connectivity index (χ2n) is 7.98. The monoisotopic (exact) mass is 458 g/mol.